The molecule has 6 nitrogen and oxygen atoms in total. The number of thiophene rings is 1. The molecule has 1 aromatic carbocycles. The molecule has 5 rings (SSSR count). The monoisotopic (exact) mass is 410 g/mol. The number of carbonyl (C=O) groups is 1. The number of benzene rings is 1. The average molecular weight is 411 g/mol. The summed E-state index contributed by atoms with van der Waals surface area (Å²) >= 11 is 3.05. The van der Waals surface area contributed by atoms with Crippen molar-refractivity contribution in [3.63, 3.8) is 0 Å². The van der Waals surface area contributed by atoms with Gasteiger partial charge in [0, 0.05) is 16.9 Å². The Balaban J connectivity index is 1.50. The average Bonchev–Trinajstić information content (AvgIpc) is 3.26. The number of carbonyl (C=O) groups excluding carboxylic acids is 1. The first kappa shape index (κ1) is 17.8. The van der Waals surface area contributed by atoms with E-state index in [1.54, 1.807) is 17.7 Å². The van der Waals surface area contributed by atoms with Crippen LogP contribution in [0.3, 0.4) is 0 Å². The van der Waals surface area contributed by atoms with E-state index in [4.69, 9.17) is 4.74 Å². The van der Waals surface area contributed by atoms with Gasteiger partial charge in [0.15, 0.2) is 16.6 Å². The van der Waals surface area contributed by atoms with E-state index < -0.39 is 0 Å². The molecule has 1 aliphatic heterocycles. The van der Waals surface area contributed by atoms with Crippen LogP contribution in [0.2, 0.25) is 0 Å². The van der Waals surface area contributed by atoms with Crippen molar-refractivity contribution in [1.82, 2.24) is 19.6 Å². The summed E-state index contributed by atoms with van der Waals surface area (Å²) in [6.07, 6.45) is 2.58. The number of hydrogen-bond acceptors (Lipinski definition) is 7. The summed E-state index contributed by atoms with van der Waals surface area (Å²) in [6.45, 7) is 4.82. The van der Waals surface area contributed by atoms with Gasteiger partial charge in [0.05, 0.1) is 23.3 Å². The fourth-order valence-electron chi connectivity index (χ4n) is 3.46. The zero-order valence-electron chi connectivity index (χ0n) is 15.5. The normalized spacial score (nSPS) is 15.8. The number of thioether (sulfide) groups is 1. The molecule has 0 radical (unpaired) electrons. The molecule has 0 aliphatic carbocycles. The highest BCUT2D eigenvalue weighted by Crippen LogP contribution is 2.39. The molecule has 142 valence electrons. The molecule has 0 atom stereocenters. The number of hydrogen-bond donors (Lipinski definition) is 0. The van der Waals surface area contributed by atoms with Crippen LogP contribution in [0.15, 0.2) is 41.8 Å². The van der Waals surface area contributed by atoms with Crippen molar-refractivity contribution < 1.29 is 9.53 Å². The van der Waals surface area contributed by atoms with Crippen molar-refractivity contribution >= 4 is 44.7 Å². The van der Waals surface area contributed by atoms with Gasteiger partial charge < -0.3 is 4.74 Å². The Labute approximate surface area is 170 Å². The molecule has 28 heavy (non-hydrogen) atoms. The van der Waals surface area contributed by atoms with E-state index >= 15 is 0 Å². The number of ketones is 1. The quantitative estimate of drug-likeness (QED) is 0.372. The minimum Gasteiger partial charge on any atom is -0.370 e. The number of rotatable bonds is 4. The molecule has 0 saturated carbocycles. The number of nitrogens with zero attached hydrogens (tertiary/aromatic N) is 4. The zero-order chi connectivity index (χ0) is 19.3. The molecule has 0 saturated heterocycles. The van der Waals surface area contributed by atoms with Crippen molar-refractivity contribution in [2.24, 2.45) is 0 Å². The van der Waals surface area contributed by atoms with E-state index in [0.29, 0.717) is 23.1 Å². The smallest absolute Gasteiger partial charge is 0.197 e. The molecular formula is C20H18N4O2S2. The van der Waals surface area contributed by atoms with Gasteiger partial charge in [-0.1, -0.05) is 42.1 Å². The van der Waals surface area contributed by atoms with E-state index in [0.717, 1.165) is 22.3 Å². The van der Waals surface area contributed by atoms with E-state index in [-0.39, 0.29) is 11.4 Å². The Morgan fingerprint density at radius 3 is 2.93 bits per heavy atom. The number of ether oxygens (including phenoxy) is 1. The summed E-state index contributed by atoms with van der Waals surface area (Å²) in [7, 11) is 0. The summed E-state index contributed by atoms with van der Waals surface area (Å²) in [5, 5.41) is 10.5. The van der Waals surface area contributed by atoms with Gasteiger partial charge in [-0.3, -0.25) is 9.20 Å². The van der Waals surface area contributed by atoms with Crippen LogP contribution < -0.4 is 0 Å². The Morgan fingerprint density at radius 2 is 2.11 bits per heavy atom. The maximum Gasteiger partial charge on any atom is 0.197 e. The molecule has 1 aliphatic rings. The lowest BCUT2D eigenvalue weighted by atomic mass is 9.94. The van der Waals surface area contributed by atoms with Crippen LogP contribution in [-0.2, 0) is 17.8 Å². The fourth-order valence-corrected chi connectivity index (χ4v) is 5.32. The maximum atomic E-state index is 12.4. The fraction of sp³-hybridized carbons (Fsp3) is 0.300. The second kappa shape index (κ2) is 6.65. The van der Waals surface area contributed by atoms with E-state index in [9.17, 15) is 4.79 Å². The molecule has 4 heterocycles. The second-order valence-electron chi connectivity index (χ2n) is 7.41. The Morgan fingerprint density at radius 1 is 1.29 bits per heavy atom. The van der Waals surface area contributed by atoms with Gasteiger partial charge in [-0.2, -0.15) is 0 Å². The van der Waals surface area contributed by atoms with Crippen molar-refractivity contribution in [3.8, 4) is 0 Å². The summed E-state index contributed by atoms with van der Waals surface area (Å²) < 4.78 is 7.83. The van der Waals surface area contributed by atoms with Gasteiger partial charge in [-0.25, -0.2) is 4.98 Å². The topological polar surface area (TPSA) is 69.4 Å². The predicted molar refractivity (Wildman–Crippen MR) is 110 cm³/mol. The standard InChI is InChI=1S/C20H18N4O2S2/c1-20(2)8-13-15(9-26-20)28-18-16(13)17-22-23-19(24(17)11-21-18)27-10-14(25)12-6-4-3-5-7-12/h3-7,11H,8-10H2,1-2H3. The molecule has 0 spiro atoms. The number of aromatic nitrogens is 4. The summed E-state index contributed by atoms with van der Waals surface area (Å²) in [5.41, 5.74) is 2.57. The summed E-state index contributed by atoms with van der Waals surface area (Å²) in [6, 6.07) is 9.31. The Kier molecular flexibility index (Phi) is 4.22. The molecular weight excluding hydrogens is 392 g/mol. The third-order valence-corrected chi connectivity index (χ3v) is 6.93. The highest BCUT2D eigenvalue weighted by molar-refractivity contribution is 7.99. The van der Waals surface area contributed by atoms with Crippen LogP contribution >= 0.6 is 23.1 Å². The van der Waals surface area contributed by atoms with Crippen molar-refractivity contribution in [1.29, 1.82) is 0 Å². The van der Waals surface area contributed by atoms with Gasteiger partial charge >= 0.3 is 0 Å². The van der Waals surface area contributed by atoms with Gasteiger partial charge in [0.25, 0.3) is 0 Å². The van der Waals surface area contributed by atoms with Crippen LogP contribution in [-0.4, -0.2) is 36.7 Å². The first-order valence-electron chi connectivity index (χ1n) is 9.01. The Hall–Kier alpha value is -2.29. The van der Waals surface area contributed by atoms with Crippen LogP contribution in [0.25, 0.3) is 15.9 Å². The third-order valence-electron chi connectivity index (χ3n) is 4.88. The third kappa shape index (κ3) is 3.01. The second-order valence-corrected chi connectivity index (χ2v) is 9.43. The highest BCUT2D eigenvalue weighted by Gasteiger charge is 2.31. The Bertz CT molecular complexity index is 1200. The van der Waals surface area contributed by atoms with Gasteiger partial charge in [-0.05, 0) is 19.4 Å². The van der Waals surface area contributed by atoms with Crippen LogP contribution in [0.4, 0.5) is 0 Å². The predicted octanol–water partition coefficient (Wildman–Crippen LogP) is 4.17. The minimum absolute atomic E-state index is 0.0724. The molecule has 0 amide bonds. The largest absolute Gasteiger partial charge is 0.370 e. The van der Waals surface area contributed by atoms with Crippen molar-refractivity contribution in [2.45, 2.75) is 37.6 Å². The van der Waals surface area contributed by atoms with Crippen LogP contribution in [0, 0.1) is 0 Å². The van der Waals surface area contributed by atoms with Crippen molar-refractivity contribution in [3.05, 3.63) is 52.7 Å². The number of fused-ring (bicyclic) bond motifs is 5. The lowest BCUT2D eigenvalue weighted by Crippen LogP contribution is -2.31. The summed E-state index contributed by atoms with van der Waals surface area (Å²) in [5.74, 6) is 0.383. The SMILES string of the molecule is CC1(C)Cc2c(sc3ncn4c(SCC(=O)c5ccccc5)nnc4c23)CO1. The zero-order valence-corrected chi connectivity index (χ0v) is 17.1. The first-order chi connectivity index (χ1) is 13.5. The molecule has 0 N–H and O–H groups in total. The lowest BCUT2D eigenvalue weighted by Gasteiger charge is -2.30. The van der Waals surface area contributed by atoms with Crippen LogP contribution in [0.1, 0.15) is 34.6 Å². The van der Waals surface area contributed by atoms with Gasteiger partial charge in [-0.15, -0.1) is 21.5 Å². The molecule has 4 aromatic rings. The number of Topliss-reactive ketones (excluding diaryl/α,β-unsaturated/α-hetero) is 1. The minimum atomic E-state index is -0.201. The van der Waals surface area contributed by atoms with Gasteiger partial charge in [0.2, 0.25) is 0 Å². The van der Waals surface area contributed by atoms with E-state index in [1.165, 1.54) is 22.2 Å². The van der Waals surface area contributed by atoms with Crippen LogP contribution in [0.5, 0.6) is 0 Å². The molecule has 0 unspecified atom stereocenters. The van der Waals surface area contributed by atoms with E-state index in [2.05, 4.69) is 29.0 Å². The molecule has 0 bridgehead atoms. The highest BCUT2D eigenvalue weighted by atomic mass is 32.2. The molecule has 3 aromatic heterocycles. The lowest BCUT2D eigenvalue weighted by molar-refractivity contribution is -0.0379. The maximum absolute atomic E-state index is 12.4. The van der Waals surface area contributed by atoms with E-state index in [1.807, 2.05) is 34.7 Å². The molecule has 0 fully saturated rings. The molecule has 8 heteroatoms. The van der Waals surface area contributed by atoms with Crippen molar-refractivity contribution in [2.75, 3.05) is 5.75 Å². The summed E-state index contributed by atoms with van der Waals surface area (Å²) in [4.78, 5) is 19.2. The van der Waals surface area contributed by atoms with Gasteiger partial charge in [0.1, 0.15) is 11.2 Å². The first-order valence-corrected chi connectivity index (χ1v) is 10.8.